The van der Waals surface area contributed by atoms with E-state index in [1.807, 2.05) is 6.92 Å². The maximum absolute atomic E-state index is 12.3. The van der Waals surface area contributed by atoms with Gasteiger partial charge in [-0.25, -0.2) is 4.98 Å². The number of aromatic amines is 1. The van der Waals surface area contributed by atoms with E-state index < -0.39 is 6.61 Å². The Kier molecular flexibility index (Phi) is 4.46. The molecule has 1 aromatic heterocycles. The fourth-order valence-electron chi connectivity index (χ4n) is 1.80. The number of hydrogen-bond donors (Lipinski definition) is 2. The van der Waals surface area contributed by atoms with E-state index in [9.17, 15) is 8.78 Å². The van der Waals surface area contributed by atoms with Gasteiger partial charge in [-0.05, 0) is 13.0 Å². The van der Waals surface area contributed by atoms with Crippen LogP contribution < -0.4 is 10.1 Å². The Labute approximate surface area is 109 Å². The van der Waals surface area contributed by atoms with Gasteiger partial charge in [0.05, 0.1) is 6.54 Å². The number of alkyl halides is 2. The second-order valence-corrected chi connectivity index (χ2v) is 4.05. The molecule has 1 atom stereocenters. The van der Waals surface area contributed by atoms with Crippen LogP contribution in [0.3, 0.4) is 0 Å². The van der Waals surface area contributed by atoms with Crippen molar-refractivity contribution in [3.05, 3.63) is 48.0 Å². The zero-order valence-corrected chi connectivity index (χ0v) is 10.4. The molecule has 1 unspecified atom stereocenters. The number of H-pyrrole nitrogens is 1. The van der Waals surface area contributed by atoms with Crippen molar-refractivity contribution in [3.8, 4) is 5.75 Å². The van der Waals surface area contributed by atoms with Gasteiger partial charge >= 0.3 is 6.61 Å². The van der Waals surface area contributed by atoms with Crippen LogP contribution in [0, 0.1) is 0 Å². The van der Waals surface area contributed by atoms with Crippen LogP contribution in [-0.4, -0.2) is 16.6 Å². The molecule has 102 valence electrons. The van der Waals surface area contributed by atoms with Gasteiger partial charge in [0.15, 0.2) is 0 Å². The van der Waals surface area contributed by atoms with E-state index in [-0.39, 0.29) is 11.8 Å². The molecule has 0 spiro atoms. The summed E-state index contributed by atoms with van der Waals surface area (Å²) in [5.41, 5.74) is 0.689. The van der Waals surface area contributed by atoms with Crippen LogP contribution in [0.15, 0.2) is 36.7 Å². The molecule has 0 amide bonds. The molecule has 1 heterocycles. The summed E-state index contributed by atoms with van der Waals surface area (Å²) in [6, 6.07) is 6.63. The van der Waals surface area contributed by atoms with Crippen LogP contribution >= 0.6 is 0 Å². The van der Waals surface area contributed by atoms with Gasteiger partial charge in [0.25, 0.3) is 0 Å². The van der Waals surface area contributed by atoms with Crippen molar-refractivity contribution in [1.82, 2.24) is 15.3 Å². The Balaban J connectivity index is 2.03. The molecule has 0 saturated carbocycles. The number of aromatic nitrogens is 2. The Morgan fingerprint density at radius 2 is 2.16 bits per heavy atom. The molecule has 2 aromatic rings. The van der Waals surface area contributed by atoms with Gasteiger partial charge in [0.2, 0.25) is 0 Å². The molecule has 1 aromatic carbocycles. The van der Waals surface area contributed by atoms with Crippen molar-refractivity contribution in [3.63, 3.8) is 0 Å². The second-order valence-electron chi connectivity index (χ2n) is 4.05. The van der Waals surface area contributed by atoms with Crippen molar-refractivity contribution in [1.29, 1.82) is 0 Å². The average molecular weight is 267 g/mol. The lowest BCUT2D eigenvalue weighted by atomic mass is 10.1. The van der Waals surface area contributed by atoms with E-state index in [4.69, 9.17) is 0 Å². The van der Waals surface area contributed by atoms with Gasteiger partial charge in [-0.15, -0.1) is 0 Å². The first-order chi connectivity index (χ1) is 9.16. The van der Waals surface area contributed by atoms with E-state index in [0.717, 1.165) is 5.82 Å². The van der Waals surface area contributed by atoms with E-state index in [2.05, 4.69) is 20.0 Å². The van der Waals surface area contributed by atoms with E-state index in [1.165, 1.54) is 6.07 Å². The molecule has 2 rings (SSSR count). The molecule has 0 aliphatic carbocycles. The van der Waals surface area contributed by atoms with Crippen LogP contribution in [0.5, 0.6) is 5.75 Å². The summed E-state index contributed by atoms with van der Waals surface area (Å²) in [6.07, 6.45) is 3.39. The Morgan fingerprint density at radius 1 is 1.37 bits per heavy atom. The van der Waals surface area contributed by atoms with Gasteiger partial charge in [-0.3, -0.25) is 0 Å². The Hall–Kier alpha value is -1.95. The summed E-state index contributed by atoms with van der Waals surface area (Å²) < 4.78 is 29.1. The van der Waals surface area contributed by atoms with Gasteiger partial charge in [-0.2, -0.15) is 8.78 Å². The van der Waals surface area contributed by atoms with Gasteiger partial charge in [-0.1, -0.05) is 18.2 Å². The summed E-state index contributed by atoms with van der Waals surface area (Å²) in [7, 11) is 0. The summed E-state index contributed by atoms with van der Waals surface area (Å²) in [5, 5.41) is 3.20. The second kappa shape index (κ2) is 6.29. The first-order valence-corrected chi connectivity index (χ1v) is 5.92. The summed E-state index contributed by atoms with van der Waals surface area (Å²) >= 11 is 0. The highest BCUT2D eigenvalue weighted by Gasteiger charge is 2.14. The number of ether oxygens (including phenoxy) is 1. The number of imidazole rings is 1. The highest BCUT2D eigenvalue weighted by Crippen LogP contribution is 2.26. The lowest BCUT2D eigenvalue weighted by Crippen LogP contribution is -2.20. The highest BCUT2D eigenvalue weighted by molar-refractivity contribution is 5.35. The normalized spacial score (nSPS) is 12.6. The van der Waals surface area contributed by atoms with Crippen molar-refractivity contribution in [2.45, 2.75) is 26.1 Å². The molecule has 6 heteroatoms. The number of rotatable bonds is 6. The molecule has 0 fully saturated rings. The van der Waals surface area contributed by atoms with Crippen LogP contribution in [-0.2, 0) is 6.54 Å². The minimum atomic E-state index is -2.82. The lowest BCUT2D eigenvalue weighted by molar-refractivity contribution is -0.0506. The number of hydrogen-bond acceptors (Lipinski definition) is 3. The summed E-state index contributed by atoms with van der Waals surface area (Å²) in [4.78, 5) is 7.05. The predicted octanol–water partition coefficient (Wildman–Crippen LogP) is 2.86. The van der Waals surface area contributed by atoms with Crippen molar-refractivity contribution in [2.75, 3.05) is 0 Å². The number of para-hydroxylation sites is 1. The highest BCUT2D eigenvalue weighted by atomic mass is 19.3. The predicted molar refractivity (Wildman–Crippen MR) is 66.9 cm³/mol. The SMILES string of the molecule is CC(NCc1ncc[nH]1)c1ccccc1OC(F)F. The molecule has 19 heavy (non-hydrogen) atoms. The fraction of sp³-hybridized carbons (Fsp3) is 0.308. The number of nitrogens with one attached hydrogen (secondary N) is 2. The Morgan fingerprint density at radius 3 is 2.84 bits per heavy atom. The molecule has 2 N–H and O–H groups in total. The maximum Gasteiger partial charge on any atom is 0.387 e. The number of benzene rings is 1. The molecule has 0 radical (unpaired) electrons. The average Bonchev–Trinajstić information content (AvgIpc) is 2.89. The van der Waals surface area contributed by atoms with Crippen molar-refractivity contribution >= 4 is 0 Å². The molecule has 0 aliphatic heterocycles. The standard InChI is InChI=1S/C13H15F2N3O/c1-9(18-8-12-16-6-7-17-12)10-4-2-3-5-11(10)19-13(14)15/h2-7,9,13,18H,8H2,1H3,(H,16,17). The summed E-state index contributed by atoms with van der Waals surface area (Å²) in [5.74, 6) is 0.982. The largest absolute Gasteiger partial charge is 0.434 e. The zero-order chi connectivity index (χ0) is 13.7. The van der Waals surface area contributed by atoms with Crippen molar-refractivity contribution < 1.29 is 13.5 Å². The fourth-order valence-corrected chi connectivity index (χ4v) is 1.80. The quantitative estimate of drug-likeness (QED) is 0.846. The van der Waals surface area contributed by atoms with E-state index in [1.54, 1.807) is 30.6 Å². The molecule has 4 nitrogen and oxygen atoms in total. The van der Waals surface area contributed by atoms with E-state index >= 15 is 0 Å². The van der Waals surface area contributed by atoms with Gasteiger partial charge < -0.3 is 15.0 Å². The minimum Gasteiger partial charge on any atom is -0.434 e. The van der Waals surface area contributed by atoms with Crippen LogP contribution in [0.2, 0.25) is 0 Å². The molecule has 0 bridgehead atoms. The maximum atomic E-state index is 12.3. The Bertz CT molecular complexity index is 502. The van der Waals surface area contributed by atoms with Gasteiger partial charge in [0, 0.05) is 24.0 Å². The number of halogens is 2. The van der Waals surface area contributed by atoms with Crippen LogP contribution in [0.25, 0.3) is 0 Å². The molecular weight excluding hydrogens is 252 g/mol. The first kappa shape index (κ1) is 13.5. The molecule has 0 saturated heterocycles. The number of nitrogens with zero attached hydrogens (tertiary/aromatic N) is 1. The molecule has 0 aliphatic rings. The van der Waals surface area contributed by atoms with E-state index in [0.29, 0.717) is 12.1 Å². The smallest absolute Gasteiger partial charge is 0.387 e. The topological polar surface area (TPSA) is 49.9 Å². The van der Waals surface area contributed by atoms with Crippen molar-refractivity contribution in [2.24, 2.45) is 0 Å². The minimum absolute atomic E-state index is 0.125. The van der Waals surface area contributed by atoms with Gasteiger partial charge in [0.1, 0.15) is 11.6 Å². The summed E-state index contributed by atoms with van der Waals surface area (Å²) in [6.45, 7) is -0.410. The molecular formula is C13H15F2N3O. The zero-order valence-electron chi connectivity index (χ0n) is 10.4. The third kappa shape index (κ3) is 3.75. The monoisotopic (exact) mass is 267 g/mol. The third-order valence-electron chi connectivity index (χ3n) is 2.73. The first-order valence-electron chi connectivity index (χ1n) is 5.92. The van der Waals surface area contributed by atoms with Crippen LogP contribution in [0.4, 0.5) is 8.78 Å². The lowest BCUT2D eigenvalue weighted by Gasteiger charge is -2.17. The third-order valence-corrected chi connectivity index (χ3v) is 2.73. The van der Waals surface area contributed by atoms with Crippen LogP contribution in [0.1, 0.15) is 24.4 Å².